The van der Waals surface area contributed by atoms with Crippen LogP contribution in [0.25, 0.3) is 0 Å². The van der Waals surface area contributed by atoms with E-state index in [2.05, 4.69) is 0 Å². The minimum absolute atomic E-state index is 0.136. The van der Waals surface area contributed by atoms with E-state index in [1.807, 2.05) is 35.2 Å². The highest BCUT2D eigenvalue weighted by Crippen LogP contribution is 2.20. The molecule has 0 unspecified atom stereocenters. The topological polar surface area (TPSA) is 43.9 Å². The molecule has 0 atom stereocenters. The normalized spacial score (nSPS) is 14.1. The molecule has 1 heterocycles. The average molecular weight is 369 g/mol. The lowest BCUT2D eigenvalue weighted by atomic mass is 10.2. The Balaban J connectivity index is 1.49. The number of rotatable bonds is 5. The van der Waals surface area contributed by atoms with Crippen LogP contribution in [-0.2, 0) is 16.1 Å². The Morgan fingerprint density at radius 1 is 0.963 bits per heavy atom. The van der Waals surface area contributed by atoms with Crippen molar-refractivity contribution in [1.82, 2.24) is 9.80 Å². The second-order valence-electron chi connectivity index (χ2n) is 6.73. The maximum atomic E-state index is 13.9. The molecule has 2 aromatic carbocycles. The van der Waals surface area contributed by atoms with E-state index in [-0.39, 0.29) is 24.1 Å². The van der Waals surface area contributed by atoms with Crippen molar-refractivity contribution in [2.45, 2.75) is 13.0 Å². The van der Waals surface area contributed by atoms with Crippen LogP contribution in [0.3, 0.4) is 0 Å². The monoisotopic (exact) mass is 369 g/mol. The largest absolute Gasteiger partial charge is 0.366 e. The Morgan fingerprint density at radius 3 is 2.26 bits per heavy atom. The van der Waals surface area contributed by atoms with Gasteiger partial charge in [0.25, 0.3) is 0 Å². The van der Waals surface area contributed by atoms with Crippen LogP contribution in [0.1, 0.15) is 12.0 Å². The minimum Gasteiger partial charge on any atom is -0.366 e. The van der Waals surface area contributed by atoms with Gasteiger partial charge in [-0.1, -0.05) is 42.5 Å². The summed E-state index contributed by atoms with van der Waals surface area (Å²) < 4.78 is 13.9. The fourth-order valence-corrected chi connectivity index (χ4v) is 3.23. The maximum absolute atomic E-state index is 13.9. The Kier molecular flexibility index (Phi) is 6.06. The van der Waals surface area contributed by atoms with Crippen LogP contribution in [0, 0.1) is 5.82 Å². The van der Waals surface area contributed by atoms with E-state index in [9.17, 15) is 14.0 Å². The van der Waals surface area contributed by atoms with Gasteiger partial charge in [-0.3, -0.25) is 9.59 Å². The molecule has 1 aliphatic heterocycles. The van der Waals surface area contributed by atoms with Gasteiger partial charge in [0.05, 0.1) is 5.69 Å². The molecule has 0 N–H and O–H groups in total. The van der Waals surface area contributed by atoms with Crippen LogP contribution < -0.4 is 4.90 Å². The molecule has 0 saturated carbocycles. The van der Waals surface area contributed by atoms with Gasteiger partial charge in [0.2, 0.25) is 11.8 Å². The van der Waals surface area contributed by atoms with Gasteiger partial charge in [0, 0.05) is 39.8 Å². The molecular weight excluding hydrogens is 345 g/mol. The summed E-state index contributed by atoms with van der Waals surface area (Å²) in [6.07, 6.45) is -0.136. The first-order valence-electron chi connectivity index (χ1n) is 9.10. The van der Waals surface area contributed by atoms with Crippen LogP contribution in [0.15, 0.2) is 54.6 Å². The smallest absolute Gasteiger partial charge is 0.232 e. The Bertz CT molecular complexity index is 789. The van der Waals surface area contributed by atoms with Crippen LogP contribution in [0.5, 0.6) is 0 Å². The fourth-order valence-electron chi connectivity index (χ4n) is 3.23. The number of anilines is 1. The number of nitrogens with zero attached hydrogens (tertiary/aromatic N) is 3. The van der Waals surface area contributed by atoms with Gasteiger partial charge < -0.3 is 14.7 Å². The molecule has 5 nitrogen and oxygen atoms in total. The number of carbonyl (C=O) groups is 2. The lowest BCUT2D eigenvalue weighted by Gasteiger charge is -2.36. The zero-order chi connectivity index (χ0) is 19.2. The molecule has 27 heavy (non-hydrogen) atoms. The lowest BCUT2D eigenvalue weighted by molar-refractivity contribution is -0.140. The zero-order valence-electron chi connectivity index (χ0n) is 15.5. The van der Waals surface area contributed by atoms with Crippen LogP contribution in [-0.4, -0.2) is 54.8 Å². The molecule has 2 amide bonds. The molecule has 1 aliphatic rings. The van der Waals surface area contributed by atoms with Crippen LogP contribution in [0.4, 0.5) is 10.1 Å². The number of hydrogen-bond acceptors (Lipinski definition) is 3. The van der Waals surface area contributed by atoms with Crippen molar-refractivity contribution in [3.05, 3.63) is 66.0 Å². The number of piperazine rings is 1. The molecule has 142 valence electrons. The van der Waals surface area contributed by atoms with Crippen molar-refractivity contribution in [1.29, 1.82) is 0 Å². The number of carbonyl (C=O) groups excluding carboxylic acids is 2. The van der Waals surface area contributed by atoms with E-state index in [0.717, 1.165) is 5.56 Å². The van der Waals surface area contributed by atoms with Crippen molar-refractivity contribution in [3.63, 3.8) is 0 Å². The van der Waals surface area contributed by atoms with E-state index >= 15 is 0 Å². The van der Waals surface area contributed by atoms with Crippen molar-refractivity contribution in [2.75, 3.05) is 38.1 Å². The second-order valence-corrected chi connectivity index (χ2v) is 6.73. The molecule has 0 bridgehead atoms. The number of hydrogen-bond donors (Lipinski definition) is 0. The fraction of sp³-hybridized carbons (Fsp3) is 0.333. The summed E-state index contributed by atoms with van der Waals surface area (Å²) in [5.41, 5.74) is 1.59. The Hall–Kier alpha value is -2.89. The molecule has 6 heteroatoms. The SMILES string of the molecule is CN(Cc1ccccc1)C(=O)CC(=O)N1CCN(c2ccccc2F)CC1. The number of halogens is 1. The summed E-state index contributed by atoms with van der Waals surface area (Å²) in [6.45, 7) is 2.57. The molecule has 2 aromatic rings. The van der Waals surface area contributed by atoms with Crippen LogP contribution >= 0.6 is 0 Å². The molecule has 3 rings (SSSR count). The average Bonchev–Trinajstić information content (AvgIpc) is 2.69. The summed E-state index contributed by atoms with van der Waals surface area (Å²) in [7, 11) is 1.71. The van der Waals surface area contributed by atoms with Gasteiger partial charge in [-0.2, -0.15) is 0 Å². The third-order valence-corrected chi connectivity index (χ3v) is 4.82. The predicted octanol–water partition coefficient (Wildman–Crippen LogP) is 2.52. The molecule has 0 aromatic heterocycles. The second kappa shape index (κ2) is 8.66. The van der Waals surface area contributed by atoms with Gasteiger partial charge in [0.1, 0.15) is 12.2 Å². The summed E-state index contributed by atoms with van der Waals surface area (Å²) in [5, 5.41) is 0. The predicted molar refractivity (Wildman–Crippen MR) is 103 cm³/mol. The summed E-state index contributed by atoms with van der Waals surface area (Å²) >= 11 is 0. The zero-order valence-corrected chi connectivity index (χ0v) is 15.5. The third kappa shape index (κ3) is 4.84. The minimum atomic E-state index is -0.255. The molecule has 0 radical (unpaired) electrons. The number of benzene rings is 2. The summed E-state index contributed by atoms with van der Waals surface area (Å²) in [5.74, 6) is -0.622. The van der Waals surface area contributed by atoms with Gasteiger partial charge in [-0.25, -0.2) is 4.39 Å². The van der Waals surface area contributed by atoms with Gasteiger partial charge in [-0.05, 0) is 17.7 Å². The maximum Gasteiger partial charge on any atom is 0.232 e. The summed E-state index contributed by atoms with van der Waals surface area (Å²) in [6, 6.07) is 16.3. The summed E-state index contributed by atoms with van der Waals surface area (Å²) in [4.78, 5) is 30.0. The number of para-hydroxylation sites is 1. The molecule has 1 saturated heterocycles. The highest BCUT2D eigenvalue weighted by Gasteiger charge is 2.25. The Morgan fingerprint density at radius 2 is 1.59 bits per heavy atom. The number of amides is 2. The van der Waals surface area contributed by atoms with E-state index in [4.69, 9.17) is 0 Å². The molecule has 0 spiro atoms. The van der Waals surface area contributed by atoms with Gasteiger partial charge >= 0.3 is 0 Å². The van der Waals surface area contributed by atoms with Crippen molar-refractivity contribution >= 4 is 17.5 Å². The van der Waals surface area contributed by atoms with E-state index in [1.54, 1.807) is 35.0 Å². The van der Waals surface area contributed by atoms with Gasteiger partial charge in [0.15, 0.2) is 0 Å². The third-order valence-electron chi connectivity index (χ3n) is 4.82. The van der Waals surface area contributed by atoms with E-state index in [1.165, 1.54) is 6.07 Å². The van der Waals surface area contributed by atoms with E-state index in [0.29, 0.717) is 38.4 Å². The first kappa shape index (κ1) is 18.9. The molecule has 1 fully saturated rings. The van der Waals surface area contributed by atoms with E-state index < -0.39 is 0 Å². The quantitative estimate of drug-likeness (QED) is 0.761. The lowest BCUT2D eigenvalue weighted by Crippen LogP contribution is -2.49. The highest BCUT2D eigenvalue weighted by atomic mass is 19.1. The van der Waals surface area contributed by atoms with Gasteiger partial charge in [-0.15, -0.1) is 0 Å². The highest BCUT2D eigenvalue weighted by molar-refractivity contribution is 5.96. The van der Waals surface area contributed by atoms with Crippen molar-refractivity contribution in [2.24, 2.45) is 0 Å². The molecule has 0 aliphatic carbocycles. The standard InChI is InChI=1S/C21H24FN3O2/c1-23(16-17-7-3-2-4-8-17)20(26)15-21(27)25-13-11-24(12-14-25)19-10-6-5-9-18(19)22/h2-10H,11-16H2,1H3. The first-order chi connectivity index (χ1) is 13.0. The van der Waals surface area contributed by atoms with Crippen LogP contribution in [0.2, 0.25) is 0 Å². The first-order valence-corrected chi connectivity index (χ1v) is 9.10. The Labute approximate surface area is 159 Å². The molecular formula is C21H24FN3O2. The van der Waals surface area contributed by atoms with Crippen molar-refractivity contribution < 1.29 is 14.0 Å². The van der Waals surface area contributed by atoms with Crippen molar-refractivity contribution in [3.8, 4) is 0 Å².